The number of nitrogens with zero attached hydrogens (tertiary/aromatic N) is 2. The van der Waals surface area contributed by atoms with E-state index in [0.29, 0.717) is 43.1 Å². The van der Waals surface area contributed by atoms with Crippen molar-refractivity contribution < 1.29 is 29.0 Å². The summed E-state index contributed by atoms with van der Waals surface area (Å²) in [4.78, 5) is 45.8. The molecule has 1 atom stereocenters. The van der Waals surface area contributed by atoms with E-state index in [0.717, 1.165) is 24.2 Å². The van der Waals surface area contributed by atoms with Gasteiger partial charge in [0.05, 0.1) is 31.9 Å². The number of aromatic nitrogens is 1. The number of ether oxygens (including phenoxy) is 2. The number of H-pyrrole nitrogens is 1. The van der Waals surface area contributed by atoms with E-state index >= 15 is 0 Å². The number of benzene rings is 1. The summed E-state index contributed by atoms with van der Waals surface area (Å²) in [5.74, 6) is -2.27. The van der Waals surface area contributed by atoms with E-state index in [-0.39, 0.29) is 22.4 Å². The van der Waals surface area contributed by atoms with Crippen LogP contribution in [0.3, 0.4) is 0 Å². The topological polar surface area (TPSA) is 112 Å². The van der Waals surface area contributed by atoms with Crippen LogP contribution in [0.1, 0.15) is 65.2 Å². The number of aromatic amines is 1. The van der Waals surface area contributed by atoms with Crippen LogP contribution in [-0.2, 0) is 24.5 Å². The minimum atomic E-state index is -0.764. The predicted molar refractivity (Wildman–Crippen MR) is 143 cm³/mol. The summed E-state index contributed by atoms with van der Waals surface area (Å²) in [6.45, 7) is 13.4. The van der Waals surface area contributed by atoms with Gasteiger partial charge in [0, 0.05) is 37.4 Å². The monoisotopic (exact) mass is 523 g/mol. The number of hydrogen-bond acceptors (Lipinski definition) is 7. The van der Waals surface area contributed by atoms with E-state index in [1.54, 1.807) is 18.7 Å². The van der Waals surface area contributed by atoms with E-state index in [1.807, 2.05) is 24.3 Å². The average Bonchev–Trinajstić information content (AvgIpc) is 3.33. The first-order chi connectivity index (χ1) is 18.0. The number of aliphatic hydroxyl groups is 1. The molecule has 2 saturated heterocycles. The number of likely N-dealkylation sites (tertiary alicyclic amines) is 1. The summed E-state index contributed by atoms with van der Waals surface area (Å²) >= 11 is 0. The average molecular weight is 524 g/mol. The van der Waals surface area contributed by atoms with E-state index in [9.17, 15) is 19.5 Å². The van der Waals surface area contributed by atoms with Crippen molar-refractivity contribution in [1.29, 1.82) is 0 Å². The second-order valence-electron chi connectivity index (χ2n) is 10.9. The van der Waals surface area contributed by atoms with Crippen molar-refractivity contribution in [2.45, 2.75) is 46.1 Å². The highest BCUT2D eigenvalue weighted by Gasteiger charge is 2.46. The fourth-order valence-corrected chi connectivity index (χ4v) is 5.24. The van der Waals surface area contributed by atoms with Crippen LogP contribution in [0.5, 0.6) is 0 Å². The van der Waals surface area contributed by atoms with E-state index in [2.05, 4.69) is 30.7 Å². The van der Waals surface area contributed by atoms with Gasteiger partial charge in [0.2, 0.25) is 0 Å². The minimum absolute atomic E-state index is 0.0158. The van der Waals surface area contributed by atoms with Crippen LogP contribution < -0.4 is 0 Å². The molecule has 2 aliphatic heterocycles. The third kappa shape index (κ3) is 5.13. The Bertz CT molecular complexity index is 1260. The highest BCUT2D eigenvalue weighted by atomic mass is 16.5. The number of carbonyl (C=O) groups is 3. The zero-order valence-corrected chi connectivity index (χ0v) is 23.0. The van der Waals surface area contributed by atoms with Gasteiger partial charge in [-0.1, -0.05) is 45.0 Å². The Labute approximate surface area is 223 Å². The Balaban J connectivity index is 1.81. The maximum atomic E-state index is 13.5. The number of aliphatic hydroxyl groups excluding tert-OH is 1. The van der Waals surface area contributed by atoms with Gasteiger partial charge in [-0.05, 0) is 36.0 Å². The third-order valence-corrected chi connectivity index (χ3v) is 7.46. The summed E-state index contributed by atoms with van der Waals surface area (Å²) in [5.41, 5.74) is 3.27. The fraction of sp³-hybridized carbons (Fsp3) is 0.483. The summed E-state index contributed by atoms with van der Waals surface area (Å²) in [6, 6.07) is 7.07. The smallest absolute Gasteiger partial charge is 0.354 e. The molecule has 0 aliphatic carbocycles. The normalized spacial score (nSPS) is 20.3. The Morgan fingerprint density at radius 3 is 2.32 bits per heavy atom. The number of aryl methyl sites for hydroxylation is 1. The maximum absolute atomic E-state index is 13.5. The molecule has 0 bridgehead atoms. The summed E-state index contributed by atoms with van der Waals surface area (Å²) in [6.07, 6.45) is 0. The van der Waals surface area contributed by atoms with Gasteiger partial charge in [-0.3, -0.25) is 14.5 Å². The largest absolute Gasteiger partial charge is 0.507 e. The van der Waals surface area contributed by atoms with Gasteiger partial charge in [-0.15, -0.1) is 0 Å². The van der Waals surface area contributed by atoms with Crippen molar-refractivity contribution in [3.63, 3.8) is 0 Å². The van der Waals surface area contributed by atoms with Crippen LogP contribution in [0.4, 0.5) is 0 Å². The third-order valence-electron chi connectivity index (χ3n) is 7.46. The highest BCUT2D eigenvalue weighted by Crippen LogP contribution is 2.41. The van der Waals surface area contributed by atoms with Crippen molar-refractivity contribution in [1.82, 2.24) is 14.8 Å². The zero-order valence-electron chi connectivity index (χ0n) is 23.0. The van der Waals surface area contributed by atoms with Crippen molar-refractivity contribution in [3.8, 4) is 0 Å². The number of carbonyl (C=O) groups excluding carboxylic acids is 3. The van der Waals surface area contributed by atoms with Gasteiger partial charge >= 0.3 is 5.97 Å². The van der Waals surface area contributed by atoms with Crippen molar-refractivity contribution in [3.05, 3.63) is 63.5 Å². The van der Waals surface area contributed by atoms with Crippen LogP contribution in [0.2, 0.25) is 0 Å². The molecule has 1 amide bonds. The van der Waals surface area contributed by atoms with Crippen LogP contribution in [0, 0.1) is 13.8 Å². The van der Waals surface area contributed by atoms with Crippen molar-refractivity contribution in [2.75, 3.05) is 46.5 Å². The van der Waals surface area contributed by atoms with Crippen molar-refractivity contribution >= 4 is 23.4 Å². The molecule has 0 unspecified atom stereocenters. The van der Waals surface area contributed by atoms with Gasteiger partial charge < -0.3 is 24.5 Å². The number of morpholine rings is 1. The van der Waals surface area contributed by atoms with Gasteiger partial charge in [-0.2, -0.15) is 0 Å². The Kier molecular flexibility index (Phi) is 7.80. The Morgan fingerprint density at radius 2 is 1.74 bits per heavy atom. The lowest BCUT2D eigenvalue weighted by molar-refractivity contribution is -0.140. The molecule has 4 rings (SSSR count). The van der Waals surface area contributed by atoms with Crippen LogP contribution in [0.15, 0.2) is 29.8 Å². The first-order valence-corrected chi connectivity index (χ1v) is 12.9. The molecule has 1 aromatic heterocycles. The molecule has 2 N–H and O–H groups in total. The van der Waals surface area contributed by atoms with E-state index in [1.165, 1.54) is 7.11 Å². The molecular formula is C29H37N3O6. The first-order valence-electron chi connectivity index (χ1n) is 12.9. The first kappa shape index (κ1) is 27.6. The molecule has 9 heteroatoms. The fourth-order valence-electron chi connectivity index (χ4n) is 5.24. The zero-order chi connectivity index (χ0) is 27.8. The number of Topliss-reactive ketones (excluding diaryl/α,β-unsaturated/α-hetero) is 1. The Hall–Kier alpha value is -3.43. The molecule has 204 valence electrons. The molecule has 9 nitrogen and oxygen atoms in total. The van der Waals surface area contributed by atoms with Gasteiger partial charge in [0.1, 0.15) is 11.5 Å². The quantitative estimate of drug-likeness (QED) is 0.258. The van der Waals surface area contributed by atoms with Gasteiger partial charge in [-0.25, -0.2) is 4.79 Å². The molecule has 3 heterocycles. The standard InChI is InChI=1S/C29H37N3O6/c1-17-21(18(2)30-23(17)28(36)37-6)25(33)22-24(19-7-9-20(10-8-19)29(3,4)5)32(27(35)26(22)34)12-11-31-13-15-38-16-14-31/h7-10,24,30,33H,11-16H2,1-6H3/t24-/m1/s1. The van der Waals surface area contributed by atoms with Gasteiger partial charge in [0.25, 0.3) is 11.7 Å². The second-order valence-corrected chi connectivity index (χ2v) is 10.9. The number of esters is 1. The number of methoxy groups -OCH3 is 1. The predicted octanol–water partition coefficient (Wildman–Crippen LogP) is 3.47. The van der Waals surface area contributed by atoms with Crippen molar-refractivity contribution in [2.24, 2.45) is 0 Å². The second kappa shape index (κ2) is 10.7. The van der Waals surface area contributed by atoms with Crippen LogP contribution >= 0.6 is 0 Å². The lowest BCUT2D eigenvalue weighted by Gasteiger charge is -2.31. The molecule has 0 spiro atoms. The molecule has 2 aromatic rings. The minimum Gasteiger partial charge on any atom is -0.507 e. The maximum Gasteiger partial charge on any atom is 0.354 e. The SMILES string of the molecule is COC(=O)c1[nH]c(C)c(C(O)=C2C(=O)C(=O)N(CCN3CCOCC3)[C@@H]2c2ccc(C(C)(C)C)cc2)c1C. The highest BCUT2D eigenvalue weighted by molar-refractivity contribution is 6.46. The summed E-state index contributed by atoms with van der Waals surface area (Å²) < 4.78 is 10.3. The molecule has 1 aromatic carbocycles. The molecule has 38 heavy (non-hydrogen) atoms. The number of rotatable bonds is 6. The lowest BCUT2D eigenvalue weighted by atomic mass is 9.85. The summed E-state index contributed by atoms with van der Waals surface area (Å²) in [7, 11) is 1.28. The van der Waals surface area contributed by atoms with E-state index < -0.39 is 23.7 Å². The van der Waals surface area contributed by atoms with Crippen LogP contribution in [0.25, 0.3) is 5.76 Å². The molecular weight excluding hydrogens is 486 g/mol. The molecule has 0 radical (unpaired) electrons. The number of nitrogens with one attached hydrogen (secondary N) is 1. The number of ketones is 1. The Morgan fingerprint density at radius 1 is 1.11 bits per heavy atom. The molecule has 2 aliphatic rings. The molecule has 2 fully saturated rings. The van der Waals surface area contributed by atoms with E-state index in [4.69, 9.17) is 9.47 Å². The summed E-state index contributed by atoms with van der Waals surface area (Å²) in [5, 5.41) is 11.6. The van der Waals surface area contributed by atoms with Crippen LogP contribution in [-0.4, -0.2) is 84.1 Å². The molecule has 0 saturated carbocycles. The number of amides is 1. The lowest BCUT2D eigenvalue weighted by Crippen LogP contribution is -2.42. The van der Waals surface area contributed by atoms with Gasteiger partial charge in [0.15, 0.2) is 0 Å². The number of hydrogen-bond donors (Lipinski definition) is 2.